The molecule has 2 amide bonds. The van der Waals surface area contributed by atoms with Gasteiger partial charge in [-0.3, -0.25) is 0 Å². The van der Waals surface area contributed by atoms with Crippen molar-refractivity contribution in [3.8, 4) is 11.4 Å². The molecule has 0 aliphatic carbocycles. The summed E-state index contributed by atoms with van der Waals surface area (Å²) in [4.78, 5) is 23.0. The molecule has 2 aliphatic heterocycles. The highest BCUT2D eigenvalue weighted by atomic mass is 32.2. The van der Waals surface area contributed by atoms with Crippen molar-refractivity contribution < 1.29 is 31.1 Å². The average molecular weight is 529 g/mol. The molecule has 0 saturated carbocycles. The normalized spacial score (nSPS) is 19.0. The van der Waals surface area contributed by atoms with Crippen molar-refractivity contribution in [2.24, 2.45) is 0 Å². The van der Waals surface area contributed by atoms with Crippen LogP contribution < -0.4 is 15.5 Å². The summed E-state index contributed by atoms with van der Waals surface area (Å²) in [7, 11) is -5.50. The van der Waals surface area contributed by atoms with Gasteiger partial charge in [0, 0.05) is 36.4 Å². The molecule has 3 heterocycles. The standard InChI is InChI=1S/C22H27F3N6O4S/c1-3-26-21(32)27-16-6-4-15(5-7-16)19-28-18-12-30(36(33,34)22(23,24)25)9-8-17(18)20(29-19)31-10-11-35-13-14(31)2/h4-7,14H,3,8-13H2,1-2H3,(H2,26,27,32). The van der Waals surface area contributed by atoms with Gasteiger partial charge in [-0.25, -0.2) is 23.2 Å². The SMILES string of the molecule is CCNC(=O)Nc1ccc(-c2nc3c(c(N4CCOCC4C)n2)CCN(S(=O)(=O)C(F)(F)F)C3)cc1. The first-order valence-corrected chi connectivity index (χ1v) is 12.9. The van der Waals surface area contributed by atoms with Crippen LogP contribution in [0.3, 0.4) is 0 Å². The third-order valence-electron chi connectivity index (χ3n) is 6.02. The fraction of sp³-hybridized carbons (Fsp3) is 0.500. The van der Waals surface area contributed by atoms with Crippen molar-refractivity contribution in [2.45, 2.75) is 38.4 Å². The average Bonchev–Trinajstić information content (AvgIpc) is 2.83. The molecule has 2 aliphatic rings. The molecule has 4 rings (SSSR count). The number of anilines is 2. The van der Waals surface area contributed by atoms with Crippen LogP contribution >= 0.6 is 0 Å². The molecule has 0 spiro atoms. The number of halogens is 3. The van der Waals surface area contributed by atoms with Crippen molar-refractivity contribution in [1.82, 2.24) is 19.6 Å². The molecule has 1 saturated heterocycles. The molecule has 1 atom stereocenters. The van der Waals surface area contributed by atoms with Crippen LogP contribution in [-0.2, 0) is 27.7 Å². The number of sulfonamides is 1. The Labute approximate surface area is 206 Å². The Balaban J connectivity index is 1.73. The van der Waals surface area contributed by atoms with Crippen LogP contribution in [-0.4, -0.2) is 73.1 Å². The Kier molecular flexibility index (Phi) is 7.38. The molecule has 14 heteroatoms. The molecule has 2 N–H and O–H groups in total. The minimum Gasteiger partial charge on any atom is -0.377 e. The van der Waals surface area contributed by atoms with Crippen LogP contribution in [0.4, 0.5) is 29.5 Å². The van der Waals surface area contributed by atoms with Gasteiger partial charge < -0.3 is 20.3 Å². The maximum Gasteiger partial charge on any atom is 0.511 e. The Morgan fingerprint density at radius 3 is 2.56 bits per heavy atom. The Morgan fingerprint density at radius 1 is 1.19 bits per heavy atom. The number of nitrogens with zero attached hydrogens (tertiary/aromatic N) is 4. The highest BCUT2D eigenvalue weighted by Crippen LogP contribution is 2.35. The summed E-state index contributed by atoms with van der Waals surface area (Å²) >= 11 is 0. The van der Waals surface area contributed by atoms with Crippen LogP contribution in [0.25, 0.3) is 11.4 Å². The van der Waals surface area contributed by atoms with Crippen LogP contribution in [0.2, 0.25) is 0 Å². The van der Waals surface area contributed by atoms with Gasteiger partial charge in [0.15, 0.2) is 5.82 Å². The molecule has 1 aromatic heterocycles. The molecule has 0 radical (unpaired) electrons. The number of morpholine rings is 1. The van der Waals surface area contributed by atoms with Gasteiger partial charge in [0.2, 0.25) is 0 Å². The van der Waals surface area contributed by atoms with Gasteiger partial charge in [0.25, 0.3) is 0 Å². The molecule has 196 valence electrons. The van der Waals surface area contributed by atoms with Crippen LogP contribution in [0.15, 0.2) is 24.3 Å². The van der Waals surface area contributed by atoms with E-state index in [2.05, 4.69) is 15.6 Å². The number of urea groups is 1. The van der Waals surface area contributed by atoms with E-state index in [4.69, 9.17) is 9.72 Å². The number of benzene rings is 1. The fourth-order valence-corrected chi connectivity index (χ4v) is 5.10. The van der Waals surface area contributed by atoms with Crippen molar-refractivity contribution in [1.29, 1.82) is 0 Å². The summed E-state index contributed by atoms with van der Waals surface area (Å²) in [5.41, 5.74) is -3.42. The van der Waals surface area contributed by atoms with Gasteiger partial charge in [-0.05, 0) is 44.5 Å². The quantitative estimate of drug-likeness (QED) is 0.613. The topological polar surface area (TPSA) is 117 Å². The van der Waals surface area contributed by atoms with Gasteiger partial charge >= 0.3 is 21.6 Å². The van der Waals surface area contributed by atoms with Gasteiger partial charge in [0.1, 0.15) is 5.82 Å². The van der Waals surface area contributed by atoms with E-state index in [-0.39, 0.29) is 36.6 Å². The minimum atomic E-state index is -5.50. The zero-order valence-electron chi connectivity index (χ0n) is 19.8. The van der Waals surface area contributed by atoms with Crippen LogP contribution in [0.1, 0.15) is 25.1 Å². The maximum absolute atomic E-state index is 13.2. The molecule has 36 heavy (non-hydrogen) atoms. The van der Waals surface area contributed by atoms with Gasteiger partial charge in [-0.15, -0.1) is 0 Å². The van der Waals surface area contributed by atoms with E-state index >= 15 is 0 Å². The lowest BCUT2D eigenvalue weighted by molar-refractivity contribution is -0.0493. The monoisotopic (exact) mass is 528 g/mol. The molecule has 0 bridgehead atoms. The minimum absolute atomic E-state index is 0.0359. The Bertz CT molecular complexity index is 1220. The summed E-state index contributed by atoms with van der Waals surface area (Å²) in [6, 6.07) is 6.29. The fourth-order valence-electron chi connectivity index (χ4n) is 4.19. The zero-order chi connectivity index (χ0) is 26.1. The van der Waals surface area contributed by atoms with Crippen molar-refractivity contribution >= 4 is 27.6 Å². The second-order valence-corrected chi connectivity index (χ2v) is 10.4. The number of hydrogen-bond acceptors (Lipinski definition) is 7. The first kappa shape index (κ1) is 26.1. The number of fused-ring (bicyclic) bond motifs is 1. The van der Waals surface area contributed by atoms with E-state index in [0.29, 0.717) is 53.2 Å². The Morgan fingerprint density at radius 2 is 1.92 bits per heavy atom. The third-order valence-corrected chi connectivity index (χ3v) is 7.60. The van der Waals surface area contributed by atoms with Crippen molar-refractivity contribution in [3.05, 3.63) is 35.5 Å². The molecule has 1 fully saturated rings. The first-order chi connectivity index (χ1) is 17.0. The van der Waals surface area contributed by atoms with Crippen molar-refractivity contribution in [3.63, 3.8) is 0 Å². The predicted molar refractivity (Wildman–Crippen MR) is 127 cm³/mol. The van der Waals surface area contributed by atoms with Crippen LogP contribution in [0.5, 0.6) is 0 Å². The molecule has 1 aromatic carbocycles. The van der Waals surface area contributed by atoms with E-state index in [1.165, 1.54) is 0 Å². The van der Waals surface area contributed by atoms with Crippen molar-refractivity contribution in [2.75, 3.05) is 43.1 Å². The number of carbonyl (C=O) groups excluding carboxylic acids is 1. The smallest absolute Gasteiger partial charge is 0.377 e. The number of alkyl halides is 3. The first-order valence-electron chi connectivity index (χ1n) is 11.5. The lowest BCUT2D eigenvalue weighted by Gasteiger charge is -2.37. The second kappa shape index (κ2) is 10.2. The number of aromatic nitrogens is 2. The number of rotatable bonds is 5. The summed E-state index contributed by atoms with van der Waals surface area (Å²) in [5.74, 6) is 0.817. The summed E-state index contributed by atoms with van der Waals surface area (Å²) in [6.45, 7) is 4.86. The van der Waals surface area contributed by atoms with Gasteiger partial charge in [-0.1, -0.05) is 0 Å². The Hall–Kier alpha value is -2.97. The summed E-state index contributed by atoms with van der Waals surface area (Å²) < 4.78 is 69.7. The zero-order valence-corrected chi connectivity index (χ0v) is 20.6. The number of nitrogens with one attached hydrogen (secondary N) is 2. The summed E-state index contributed by atoms with van der Waals surface area (Å²) in [6.07, 6.45) is 0.0553. The van der Waals surface area contributed by atoms with E-state index in [9.17, 15) is 26.4 Å². The van der Waals surface area contributed by atoms with E-state index in [0.717, 1.165) is 0 Å². The van der Waals surface area contributed by atoms with E-state index in [1.807, 2.05) is 11.8 Å². The molecule has 2 aromatic rings. The highest BCUT2D eigenvalue weighted by Gasteiger charge is 2.51. The largest absolute Gasteiger partial charge is 0.511 e. The lowest BCUT2D eigenvalue weighted by atomic mass is 10.0. The predicted octanol–water partition coefficient (Wildman–Crippen LogP) is 2.72. The van der Waals surface area contributed by atoms with E-state index < -0.39 is 22.1 Å². The van der Waals surface area contributed by atoms with Gasteiger partial charge in [-0.2, -0.15) is 17.5 Å². The summed E-state index contributed by atoms with van der Waals surface area (Å²) in [5, 5.41) is 5.31. The molecular formula is C22H27F3N6O4S. The van der Waals surface area contributed by atoms with Gasteiger partial charge in [0.05, 0.1) is 31.5 Å². The third kappa shape index (κ3) is 5.25. The maximum atomic E-state index is 13.2. The highest BCUT2D eigenvalue weighted by molar-refractivity contribution is 7.89. The molecule has 10 nitrogen and oxygen atoms in total. The number of amides is 2. The van der Waals surface area contributed by atoms with Crippen LogP contribution in [0, 0.1) is 0 Å². The molecular weight excluding hydrogens is 501 g/mol. The second-order valence-electron chi connectivity index (χ2n) is 8.51. The van der Waals surface area contributed by atoms with E-state index in [1.54, 1.807) is 31.2 Å². The lowest BCUT2D eigenvalue weighted by Crippen LogP contribution is -2.47. The number of hydrogen-bond donors (Lipinski definition) is 2. The number of ether oxygens (including phenoxy) is 1. The number of carbonyl (C=O) groups is 1. The molecule has 1 unspecified atom stereocenters.